The van der Waals surface area contributed by atoms with E-state index in [9.17, 15) is 14.7 Å². The molecule has 1 heterocycles. The first kappa shape index (κ1) is 18.6. The largest absolute Gasteiger partial charge is 0.481 e. The predicted molar refractivity (Wildman–Crippen MR) is 94.4 cm³/mol. The van der Waals surface area contributed by atoms with Gasteiger partial charge in [-0.3, -0.25) is 9.59 Å². The Morgan fingerprint density at radius 1 is 1.20 bits per heavy atom. The number of aliphatic carboxylic acids is 1. The van der Waals surface area contributed by atoms with Crippen LogP contribution in [0.4, 0.5) is 0 Å². The highest BCUT2D eigenvalue weighted by molar-refractivity contribution is 5.95. The Kier molecular flexibility index (Phi) is 5.51. The number of benzene rings is 1. The Bertz CT molecular complexity index is 764. The molecule has 0 radical (unpaired) electrons. The van der Waals surface area contributed by atoms with Crippen LogP contribution in [0.3, 0.4) is 0 Å². The van der Waals surface area contributed by atoms with E-state index in [2.05, 4.69) is 36.1 Å². The third-order valence-corrected chi connectivity index (χ3v) is 4.02. The number of carboxylic acid groups (broad SMARTS) is 1. The van der Waals surface area contributed by atoms with Gasteiger partial charge in [0.05, 0.1) is 23.7 Å². The fourth-order valence-corrected chi connectivity index (χ4v) is 2.49. The van der Waals surface area contributed by atoms with Crippen molar-refractivity contribution in [3.05, 3.63) is 59.2 Å². The molecular weight excluding hydrogens is 318 g/mol. The number of carbonyl (C=O) groups excluding carboxylic acids is 1. The highest BCUT2D eigenvalue weighted by Crippen LogP contribution is 2.25. The SMILES string of the molecule is Cc1ncncc1C(=O)NC(CC(=O)O)c1ccc(C(C)(C)C)cc1. The van der Waals surface area contributed by atoms with Crippen molar-refractivity contribution >= 4 is 11.9 Å². The highest BCUT2D eigenvalue weighted by atomic mass is 16.4. The summed E-state index contributed by atoms with van der Waals surface area (Å²) in [4.78, 5) is 31.5. The molecule has 25 heavy (non-hydrogen) atoms. The number of hydrogen-bond acceptors (Lipinski definition) is 4. The zero-order chi connectivity index (χ0) is 18.6. The number of hydrogen-bond donors (Lipinski definition) is 2. The summed E-state index contributed by atoms with van der Waals surface area (Å²) in [5.74, 6) is -1.37. The monoisotopic (exact) mass is 341 g/mol. The van der Waals surface area contributed by atoms with Crippen molar-refractivity contribution in [3.63, 3.8) is 0 Å². The molecule has 2 rings (SSSR count). The normalized spacial score (nSPS) is 12.5. The predicted octanol–water partition coefficient (Wildman–Crippen LogP) is 3.03. The summed E-state index contributed by atoms with van der Waals surface area (Å²) < 4.78 is 0. The van der Waals surface area contributed by atoms with Crippen LogP contribution in [0, 0.1) is 6.92 Å². The molecule has 0 fully saturated rings. The number of amides is 1. The summed E-state index contributed by atoms with van der Waals surface area (Å²) in [6.07, 6.45) is 2.59. The molecule has 6 nitrogen and oxygen atoms in total. The van der Waals surface area contributed by atoms with Crippen LogP contribution in [0.5, 0.6) is 0 Å². The fraction of sp³-hybridized carbons (Fsp3) is 0.368. The average Bonchev–Trinajstić information content (AvgIpc) is 2.53. The van der Waals surface area contributed by atoms with Gasteiger partial charge in [0.15, 0.2) is 0 Å². The second-order valence-electron chi connectivity index (χ2n) is 7.02. The van der Waals surface area contributed by atoms with Gasteiger partial charge in [-0.15, -0.1) is 0 Å². The van der Waals surface area contributed by atoms with E-state index in [0.29, 0.717) is 11.3 Å². The van der Waals surface area contributed by atoms with Crippen LogP contribution in [-0.2, 0) is 10.2 Å². The molecule has 132 valence electrons. The lowest BCUT2D eigenvalue weighted by atomic mass is 9.86. The first-order valence-electron chi connectivity index (χ1n) is 8.08. The Labute approximate surface area is 147 Å². The molecule has 1 atom stereocenters. The molecule has 2 N–H and O–H groups in total. The number of rotatable bonds is 5. The van der Waals surface area contributed by atoms with Crippen LogP contribution in [0.25, 0.3) is 0 Å². The third-order valence-electron chi connectivity index (χ3n) is 4.02. The number of nitrogens with one attached hydrogen (secondary N) is 1. The lowest BCUT2D eigenvalue weighted by Crippen LogP contribution is -2.31. The molecule has 0 aliphatic heterocycles. The maximum Gasteiger partial charge on any atom is 0.305 e. The second-order valence-corrected chi connectivity index (χ2v) is 7.02. The standard InChI is InChI=1S/C19H23N3O3/c1-12-15(10-20-11-21-12)18(25)22-16(9-17(23)24)13-5-7-14(8-6-13)19(2,3)4/h5-8,10-11,16H,9H2,1-4H3,(H,22,25)(H,23,24). The average molecular weight is 341 g/mol. The van der Waals surface area contributed by atoms with Crippen LogP contribution < -0.4 is 5.32 Å². The molecule has 1 aromatic carbocycles. The Balaban J connectivity index is 2.26. The summed E-state index contributed by atoms with van der Waals surface area (Å²) in [5.41, 5.74) is 2.78. The number of nitrogens with zero attached hydrogens (tertiary/aromatic N) is 2. The van der Waals surface area contributed by atoms with Crippen molar-refractivity contribution in [2.75, 3.05) is 0 Å². The Hall–Kier alpha value is -2.76. The topological polar surface area (TPSA) is 92.2 Å². The van der Waals surface area contributed by atoms with Gasteiger partial charge in [0.1, 0.15) is 6.33 Å². The van der Waals surface area contributed by atoms with Crippen molar-refractivity contribution in [1.82, 2.24) is 15.3 Å². The van der Waals surface area contributed by atoms with E-state index in [1.165, 1.54) is 12.5 Å². The summed E-state index contributed by atoms with van der Waals surface area (Å²) in [6.45, 7) is 8.03. The summed E-state index contributed by atoms with van der Waals surface area (Å²) >= 11 is 0. The lowest BCUT2D eigenvalue weighted by Gasteiger charge is -2.22. The van der Waals surface area contributed by atoms with Gasteiger partial charge in [0, 0.05) is 6.20 Å². The molecular formula is C19H23N3O3. The molecule has 0 aliphatic carbocycles. The maximum absolute atomic E-state index is 12.5. The Morgan fingerprint density at radius 2 is 1.84 bits per heavy atom. The van der Waals surface area contributed by atoms with Crippen molar-refractivity contribution in [2.24, 2.45) is 0 Å². The van der Waals surface area contributed by atoms with E-state index in [4.69, 9.17) is 0 Å². The molecule has 1 aromatic heterocycles. The third kappa shape index (κ3) is 4.86. The molecule has 0 saturated heterocycles. The summed E-state index contributed by atoms with van der Waals surface area (Å²) in [5, 5.41) is 12.0. The van der Waals surface area contributed by atoms with E-state index in [1.54, 1.807) is 6.92 Å². The van der Waals surface area contributed by atoms with E-state index in [-0.39, 0.29) is 17.7 Å². The molecule has 0 spiro atoms. The van der Waals surface area contributed by atoms with E-state index >= 15 is 0 Å². The van der Waals surface area contributed by atoms with E-state index < -0.39 is 12.0 Å². The molecule has 0 saturated carbocycles. The van der Waals surface area contributed by atoms with Crippen LogP contribution in [0.1, 0.15) is 60.4 Å². The van der Waals surface area contributed by atoms with Crippen molar-refractivity contribution < 1.29 is 14.7 Å². The Morgan fingerprint density at radius 3 is 2.36 bits per heavy atom. The fourth-order valence-electron chi connectivity index (χ4n) is 2.49. The molecule has 2 aromatic rings. The quantitative estimate of drug-likeness (QED) is 0.872. The molecule has 0 bridgehead atoms. The molecule has 0 aliphatic rings. The van der Waals surface area contributed by atoms with E-state index in [1.807, 2.05) is 24.3 Å². The minimum absolute atomic E-state index is 0.00254. The van der Waals surface area contributed by atoms with Gasteiger partial charge in [-0.05, 0) is 23.5 Å². The van der Waals surface area contributed by atoms with Gasteiger partial charge in [0.2, 0.25) is 0 Å². The zero-order valence-corrected chi connectivity index (χ0v) is 14.9. The smallest absolute Gasteiger partial charge is 0.305 e. The zero-order valence-electron chi connectivity index (χ0n) is 14.9. The summed E-state index contributed by atoms with van der Waals surface area (Å²) in [6, 6.07) is 7.03. The van der Waals surface area contributed by atoms with Crippen molar-refractivity contribution in [1.29, 1.82) is 0 Å². The van der Waals surface area contributed by atoms with Crippen LogP contribution in [0.2, 0.25) is 0 Å². The van der Waals surface area contributed by atoms with Crippen molar-refractivity contribution in [2.45, 2.75) is 45.6 Å². The number of carbonyl (C=O) groups is 2. The van der Waals surface area contributed by atoms with E-state index in [0.717, 1.165) is 11.1 Å². The van der Waals surface area contributed by atoms with Crippen molar-refractivity contribution in [3.8, 4) is 0 Å². The van der Waals surface area contributed by atoms with Crippen LogP contribution in [0.15, 0.2) is 36.8 Å². The first-order chi connectivity index (χ1) is 11.7. The second kappa shape index (κ2) is 7.42. The van der Waals surface area contributed by atoms with Gasteiger partial charge >= 0.3 is 5.97 Å². The molecule has 1 unspecified atom stereocenters. The van der Waals surface area contributed by atoms with Gasteiger partial charge < -0.3 is 10.4 Å². The molecule has 6 heteroatoms. The van der Waals surface area contributed by atoms with Gasteiger partial charge in [-0.25, -0.2) is 9.97 Å². The first-order valence-corrected chi connectivity index (χ1v) is 8.08. The minimum Gasteiger partial charge on any atom is -0.481 e. The minimum atomic E-state index is -0.980. The number of aromatic nitrogens is 2. The van der Waals surface area contributed by atoms with Crippen LogP contribution in [-0.4, -0.2) is 27.0 Å². The maximum atomic E-state index is 12.5. The molecule has 1 amide bonds. The lowest BCUT2D eigenvalue weighted by molar-refractivity contribution is -0.137. The van der Waals surface area contributed by atoms with Crippen LogP contribution >= 0.6 is 0 Å². The number of aryl methyl sites for hydroxylation is 1. The van der Waals surface area contributed by atoms with Gasteiger partial charge in [-0.2, -0.15) is 0 Å². The van der Waals surface area contributed by atoms with Gasteiger partial charge in [0.25, 0.3) is 5.91 Å². The highest BCUT2D eigenvalue weighted by Gasteiger charge is 2.21. The number of carboxylic acids is 1. The summed E-state index contributed by atoms with van der Waals surface area (Å²) in [7, 11) is 0. The van der Waals surface area contributed by atoms with Gasteiger partial charge in [-0.1, -0.05) is 45.0 Å².